The topological polar surface area (TPSA) is 30.7 Å². The monoisotopic (exact) mass is 405 g/mol. The fourth-order valence-electron chi connectivity index (χ4n) is 3.84. The molecule has 1 aliphatic carbocycles. The van der Waals surface area contributed by atoms with Crippen molar-refractivity contribution in [2.45, 2.75) is 44.3 Å². The summed E-state index contributed by atoms with van der Waals surface area (Å²) in [4.78, 5) is 0. The van der Waals surface area contributed by atoms with E-state index in [-0.39, 0.29) is 5.82 Å². The van der Waals surface area contributed by atoms with E-state index in [1.54, 1.807) is 24.3 Å². The summed E-state index contributed by atoms with van der Waals surface area (Å²) in [6, 6.07) is 14.6. The lowest BCUT2D eigenvalue weighted by atomic mass is 9.63. The Balaban J connectivity index is 1.86. The molecule has 1 saturated carbocycles. The second-order valence-corrected chi connectivity index (χ2v) is 7.79. The van der Waals surface area contributed by atoms with Crippen LogP contribution in [0.15, 0.2) is 48.5 Å². The quantitative estimate of drug-likeness (QED) is 0.537. The SMILES string of the molecule is Cc1ccc(-c2nnc(C3(c4ccc(Cl)cc4)CCC3)n2CC(F)(F)F)cc1. The van der Waals surface area contributed by atoms with Crippen LogP contribution >= 0.6 is 11.6 Å². The summed E-state index contributed by atoms with van der Waals surface area (Å²) >= 11 is 6.00. The number of nitrogens with zero attached hydrogens (tertiary/aromatic N) is 3. The van der Waals surface area contributed by atoms with Gasteiger partial charge < -0.3 is 4.57 Å². The lowest BCUT2D eigenvalue weighted by molar-refractivity contribution is -0.141. The number of halogens is 4. The number of benzene rings is 2. The normalized spacial score (nSPS) is 16.0. The van der Waals surface area contributed by atoms with Gasteiger partial charge in [-0.15, -0.1) is 10.2 Å². The van der Waals surface area contributed by atoms with Crippen molar-refractivity contribution in [1.29, 1.82) is 0 Å². The Kier molecular flexibility index (Phi) is 4.70. The zero-order chi connectivity index (χ0) is 19.9. The van der Waals surface area contributed by atoms with Gasteiger partial charge in [-0.3, -0.25) is 0 Å². The molecule has 1 aromatic heterocycles. The first kappa shape index (κ1) is 19.0. The van der Waals surface area contributed by atoms with Crippen molar-refractivity contribution in [3.8, 4) is 11.4 Å². The molecule has 0 unspecified atom stereocenters. The molecule has 2 aromatic carbocycles. The van der Waals surface area contributed by atoms with Crippen molar-refractivity contribution in [3.63, 3.8) is 0 Å². The van der Waals surface area contributed by atoms with Crippen LogP contribution in [0.4, 0.5) is 13.2 Å². The minimum Gasteiger partial charge on any atom is -0.301 e. The maximum Gasteiger partial charge on any atom is 0.406 e. The van der Waals surface area contributed by atoms with Crippen molar-refractivity contribution in [2.24, 2.45) is 0 Å². The Morgan fingerprint density at radius 3 is 2.18 bits per heavy atom. The van der Waals surface area contributed by atoms with Crippen molar-refractivity contribution >= 4 is 11.6 Å². The van der Waals surface area contributed by atoms with Gasteiger partial charge in [-0.25, -0.2) is 0 Å². The summed E-state index contributed by atoms with van der Waals surface area (Å²) in [5.74, 6) is 0.613. The molecule has 0 saturated heterocycles. The van der Waals surface area contributed by atoms with Crippen LogP contribution in [0, 0.1) is 6.92 Å². The molecule has 0 bridgehead atoms. The molecular weight excluding hydrogens is 387 g/mol. The first-order chi connectivity index (χ1) is 13.3. The molecule has 3 aromatic rings. The molecule has 28 heavy (non-hydrogen) atoms. The van der Waals surface area contributed by atoms with Gasteiger partial charge in [-0.2, -0.15) is 13.2 Å². The van der Waals surface area contributed by atoms with Crippen LogP contribution in [0.5, 0.6) is 0 Å². The van der Waals surface area contributed by atoms with Crippen LogP contribution < -0.4 is 0 Å². The summed E-state index contributed by atoms with van der Waals surface area (Å²) in [7, 11) is 0. The Morgan fingerprint density at radius 2 is 1.64 bits per heavy atom. The number of aromatic nitrogens is 3. The third kappa shape index (κ3) is 3.41. The van der Waals surface area contributed by atoms with Crippen LogP contribution in [0.1, 0.15) is 36.2 Å². The van der Waals surface area contributed by atoms with Crippen LogP contribution in [-0.2, 0) is 12.0 Å². The highest BCUT2D eigenvalue weighted by atomic mass is 35.5. The Labute approximate surface area is 166 Å². The van der Waals surface area contributed by atoms with Crippen molar-refractivity contribution in [1.82, 2.24) is 14.8 Å². The van der Waals surface area contributed by atoms with Crippen molar-refractivity contribution in [2.75, 3.05) is 0 Å². The van der Waals surface area contributed by atoms with E-state index in [9.17, 15) is 13.2 Å². The van der Waals surface area contributed by atoms with Crippen LogP contribution in [0.3, 0.4) is 0 Å². The zero-order valence-electron chi connectivity index (χ0n) is 15.3. The van der Waals surface area contributed by atoms with E-state index < -0.39 is 18.1 Å². The first-order valence-corrected chi connectivity index (χ1v) is 9.50. The van der Waals surface area contributed by atoms with E-state index in [4.69, 9.17) is 11.6 Å². The molecule has 1 aliphatic rings. The molecule has 0 radical (unpaired) electrons. The average molecular weight is 406 g/mol. The van der Waals surface area contributed by atoms with Crippen LogP contribution in [-0.4, -0.2) is 20.9 Å². The summed E-state index contributed by atoms with van der Waals surface area (Å²) in [6.45, 7) is 0.813. The molecular formula is C21H19ClF3N3. The molecule has 1 fully saturated rings. The summed E-state index contributed by atoms with van der Waals surface area (Å²) < 4.78 is 41.5. The predicted octanol–water partition coefficient (Wildman–Crippen LogP) is 5.94. The van der Waals surface area contributed by atoms with Gasteiger partial charge in [-0.05, 0) is 37.5 Å². The van der Waals surface area contributed by atoms with Gasteiger partial charge in [0.2, 0.25) is 0 Å². The molecule has 7 heteroatoms. The molecule has 1 heterocycles. The van der Waals surface area contributed by atoms with E-state index in [1.807, 2.05) is 31.2 Å². The van der Waals surface area contributed by atoms with Crippen LogP contribution in [0.2, 0.25) is 5.02 Å². The van der Waals surface area contributed by atoms with Gasteiger partial charge >= 0.3 is 6.18 Å². The van der Waals surface area contributed by atoms with E-state index in [0.717, 1.165) is 30.4 Å². The number of aryl methyl sites for hydroxylation is 1. The van der Waals surface area contributed by atoms with Gasteiger partial charge in [0.25, 0.3) is 0 Å². The highest BCUT2D eigenvalue weighted by Gasteiger charge is 2.46. The molecule has 0 atom stereocenters. The molecule has 3 nitrogen and oxygen atoms in total. The third-order valence-electron chi connectivity index (χ3n) is 5.43. The number of hydrogen-bond acceptors (Lipinski definition) is 2. The summed E-state index contributed by atoms with van der Waals surface area (Å²) in [5, 5.41) is 9.04. The van der Waals surface area contributed by atoms with Crippen molar-refractivity contribution < 1.29 is 13.2 Å². The molecule has 4 rings (SSSR count). The molecule has 0 N–H and O–H groups in total. The predicted molar refractivity (Wildman–Crippen MR) is 102 cm³/mol. The number of rotatable bonds is 4. The zero-order valence-corrected chi connectivity index (χ0v) is 16.1. The van der Waals surface area contributed by atoms with Crippen molar-refractivity contribution in [3.05, 3.63) is 70.5 Å². The number of hydrogen-bond donors (Lipinski definition) is 0. The molecule has 146 valence electrons. The maximum atomic E-state index is 13.4. The summed E-state index contributed by atoms with van der Waals surface area (Å²) in [5.41, 5.74) is 2.02. The van der Waals surface area contributed by atoms with E-state index in [0.29, 0.717) is 16.4 Å². The Morgan fingerprint density at radius 1 is 1.00 bits per heavy atom. The van der Waals surface area contributed by atoms with Gasteiger partial charge in [-0.1, -0.05) is 60.0 Å². The number of alkyl halides is 3. The second-order valence-electron chi connectivity index (χ2n) is 7.36. The third-order valence-corrected chi connectivity index (χ3v) is 5.68. The van der Waals surface area contributed by atoms with E-state index in [1.165, 1.54) is 4.57 Å². The van der Waals surface area contributed by atoms with Gasteiger partial charge in [0.15, 0.2) is 5.82 Å². The second kappa shape index (κ2) is 6.92. The first-order valence-electron chi connectivity index (χ1n) is 9.12. The lowest BCUT2D eigenvalue weighted by Gasteiger charge is -2.41. The smallest absolute Gasteiger partial charge is 0.301 e. The minimum absolute atomic E-state index is 0.243. The molecule has 0 aliphatic heterocycles. The van der Waals surface area contributed by atoms with Gasteiger partial charge in [0, 0.05) is 10.6 Å². The fraction of sp³-hybridized carbons (Fsp3) is 0.333. The van der Waals surface area contributed by atoms with Gasteiger partial charge in [0.05, 0.1) is 5.41 Å². The van der Waals surface area contributed by atoms with Gasteiger partial charge in [0.1, 0.15) is 12.4 Å². The van der Waals surface area contributed by atoms with Crippen LogP contribution in [0.25, 0.3) is 11.4 Å². The maximum absolute atomic E-state index is 13.4. The standard InChI is InChI=1S/C21H19ClF3N3/c1-14-3-5-15(6-4-14)18-26-27-19(28(18)13-21(23,24)25)20(11-2-12-20)16-7-9-17(22)10-8-16/h3-10H,2,11-13H2,1H3. The Bertz CT molecular complexity index is 972. The minimum atomic E-state index is -4.37. The van der Waals surface area contributed by atoms with E-state index in [2.05, 4.69) is 10.2 Å². The Hall–Kier alpha value is -2.34. The lowest BCUT2D eigenvalue weighted by Crippen LogP contribution is -2.39. The largest absolute Gasteiger partial charge is 0.406 e. The fourth-order valence-corrected chi connectivity index (χ4v) is 3.97. The molecule has 0 spiro atoms. The van der Waals surface area contributed by atoms with E-state index >= 15 is 0 Å². The summed E-state index contributed by atoms with van der Waals surface area (Å²) in [6.07, 6.45) is -1.97. The highest BCUT2D eigenvalue weighted by Crippen LogP contribution is 2.49. The average Bonchev–Trinajstić information content (AvgIpc) is 2.98. The highest BCUT2D eigenvalue weighted by molar-refractivity contribution is 6.30. The molecule has 0 amide bonds.